The zero-order valence-corrected chi connectivity index (χ0v) is 15.8. The lowest BCUT2D eigenvalue weighted by Crippen LogP contribution is -2.38. The number of carbonyl (C=O) groups is 1. The third-order valence-corrected chi connectivity index (χ3v) is 5.37. The molecule has 0 saturated carbocycles. The van der Waals surface area contributed by atoms with E-state index in [9.17, 15) is 14.9 Å². The zero-order valence-electron chi connectivity index (χ0n) is 15.8. The van der Waals surface area contributed by atoms with Gasteiger partial charge in [-0.3, -0.25) is 14.9 Å². The summed E-state index contributed by atoms with van der Waals surface area (Å²) in [6.45, 7) is 0. The van der Waals surface area contributed by atoms with E-state index in [-0.39, 0.29) is 11.6 Å². The Balaban J connectivity index is 1.74. The Kier molecular flexibility index (Phi) is 4.17. The van der Waals surface area contributed by atoms with Gasteiger partial charge in [0.1, 0.15) is 6.17 Å². The Labute approximate surface area is 172 Å². The number of nitro benzene ring substituents is 1. The number of amides is 1. The molecular formula is C24H17N3O3. The van der Waals surface area contributed by atoms with Gasteiger partial charge in [-0.05, 0) is 22.8 Å². The van der Waals surface area contributed by atoms with Crippen molar-refractivity contribution in [2.24, 2.45) is 0 Å². The van der Waals surface area contributed by atoms with Crippen LogP contribution in [0.25, 0.3) is 22.3 Å². The number of benzene rings is 2. The lowest BCUT2D eigenvalue weighted by atomic mass is 10.0. The summed E-state index contributed by atoms with van der Waals surface area (Å²) < 4.78 is 0. The van der Waals surface area contributed by atoms with Gasteiger partial charge in [0, 0.05) is 11.6 Å². The summed E-state index contributed by atoms with van der Waals surface area (Å²) in [5.74, 6) is -0.259. The van der Waals surface area contributed by atoms with Gasteiger partial charge in [0.2, 0.25) is 0 Å². The first-order valence-electron chi connectivity index (χ1n) is 9.56. The van der Waals surface area contributed by atoms with E-state index in [1.807, 2.05) is 60.7 Å². The minimum absolute atomic E-state index is 0.0393. The van der Waals surface area contributed by atoms with Crippen LogP contribution >= 0.6 is 0 Å². The minimum atomic E-state index is -0.709. The van der Waals surface area contributed by atoms with Crippen LogP contribution in [0.3, 0.4) is 0 Å². The second kappa shape index (κ2) is 7.00. The molecule has 1 atom stereocenters. The SMILES string of the molecule is O=C1NC(c2ccccc2[N+](=O)[O-])Nc2c1c1cccccc-1c2-c1ccccc1. The molecule has 3 aliphatic rings. The van der Waals surface area contributed by atoms with Crippen LogP contribution in [-0.2, 0) is 0 Å². The molecule has 0 bridgehead atoms. The fourth-order valence-electron chi connectivity index (χ4n) is 4.10. The highest BCUT2D eigenvalue weighted by Gasteiger charge is 2.35. The predicted octanol–water partition coefficient (Wildman–Crippen LogP) is 5.22. The van der Waals surface area contributed by atoms with Crippen LogP contribution in [0, 0.1) is 10.1 Å². The molecule has 5 rings (SSSR count). The first-order valence-corrected chi connectivity index (χ1v) is 9.56. The van der Waals surface area contributed by atoms with Crippen LogP contribution < -0.4 is 10.6 Å². The molecule has 0 saturated heterocycles. The molecule has 0 spiro atoms. The topological polar surface area (TPSA) is 84.3 Å². The van der Waals surface area contributed by atoms with E-state index in [0.717, 1.165) is 22.3 Å². The highest BCUT2D eigenvalue weighted by Crippen LogP contribution is 2.49. The largest absolute Gasteiger partial charge is 0.360 e. The molecule has 6 heteroatoms. The smallest absolute Gasteiger partial charge is 0.276 e. The number of nitrogens with zero attached hydrogens (tertiary/aromatic N) is 1. The lowest BCUT2D eigenvalue weighted by Gasteiger charge is -2.27. The van der Waals surface area contributed by atoms with Crippen molar-refractivity contribution in [3.05, 3.63) is 106 Å². The first kappa shape index (κ1) is 17.9. The molecule has 0 radical (unpaired) electrons. The second-order valence-electron chi connectivity index (χ2n) is 7.10. The molecule has 1 aliphatic heterocycles. The summed E-state index contributed by atoms with van der Waals surface area (Å²) in [4.78, 5) is 24.3. The summed E-state index contributed by atoms with van der Waals surface area (Å²) in [6.07, 6.45) is -0.709. The molecule has 2 aromatic rings. The van der Waals surface area contributed by atoms with Crippen molar-refractivity contribution < 1.29 is 9.72 Å². The number of para-hydroxylation sites is 1. The average molecular weight is 395 g/mol. The highest BCUT2D eigenvalue weighted by molar-refractivity contribution is 6.16. The third kappa shape index (κ3) is 2.78. The number of nitrogens with one attached hydrogen (secondary N) is 2. The normalized spacial score (nSPS) is 15.2. The fourth-order valence-corrected chi connectivity index (χ4v) is 4.10. The molecule has 0 aromatic heterocycles. The number of carbonyl (C=O) groups excluding carboxylic acids is 1. The van der Waals surface area contributed by atoms with Gasteiger partial charge in [-0.1, -0.05) is 72.8 Å². The first-order chi connectivity index (χ1) is 14.6. The van der Waals surface area contributed by atoms with Crippen LogP contribution in [0.2, 0.25) is 0 Å². The van der Waals surface area contributed by atoms with Gasteiger partial charge < -0.3 is 10.6 Å². The van der Waals surface area contributed by atoms with Gasteiger partial charge >= 0.3 is 0 Å². The van der Waals surface area contributed by atoms with Crippen LogP contribution in [-0.4, -0.2) is 10.8 Å². The van der Waals surface area contributed by atoms with E-state index in [1.165, 1.54) is 6.07 Å². The van der Waals surface area contributed by atoms with E-state index in [0.29, 0.717) is 16.8 Å². The maximum absolute atomic E-state index is 13.2. The van der Waals surface area contributed by atoms with Crippen molar-refractivity contribution >= 4 is 17.3 Å². The summed E-state index contributed by atoms with van der Waals surface area (Å²) >= 11 is 0. The Morgan fingerprint density at radius 2 is 1.33 bits per heavy atom. The van der Waals surface area contributed by atoms with Crippen LogP contribution in [0.5, 0.6) is 0 Å². The monoisotopic (exact) mass is 395 g/mol. The summed E-state index contributed by atoms with van der Waals surface area (Å²) in [6, 6.07) is 26.0. The molecule has 2 N–H and O–H groups in total. The summed E-state index contributed by atoms with van der Waals surface area (Å²) in [5.41, 5.74) is 5.28. The Morgan fingerprint density at radius 3 is 2.03 bits per heavy atom. The molecule has 146 valence electrons. The Bertz CT molecular complexity index is 1250. The van der Waals surface area contributed by atoms with Gasteiger partial charge in [-0.15, -0.1) is 0 Å². The molecular weight excluding hydrogens is 378 g/mol. The molecule has 1 amide bonds. The van der Waals surface area contributed by atoms with E-state index in [2.05, 4.69) is 10.6 Å². The molecule has 30 heavy (non-hydrogen) atoms. The van der Waals surface area contributed by atoms with Crippen molar-refractivity contribution in [1.29, 1.82) is 0 Å². The summed E-state index contributed by atoms with van der Waals surface area (Å²) in [5, 5.41) is 17.8. The number of hydrogen-bond acceptors (Lipinski definition) is 4. The van der Waals surface area contributed by atoms with Gasteiger partial charge in [0.05, 0.1) is 21.7 Å². The predicted molar refractivity (Wildman–Crippen MR) is 115 cm³/mol. The maximum Gasteiger partial charge on any atom is 0.276 e. The minimum Gasteiger partial charge on any atom is -0.360 e. The molecule has 1 unspecified atom stereocenters. The van der Waals surface area contributed by atoms with Crippen LogP contribution in [0.4, 0.5) is 11.4 Å². The van der Waals surface area contributed by atoms with Crippen LogP contribution in [0.15, 0.2) is 84.9 Å². The number of anilines is 1. The molecule has 1 heterocycles. The third-order valence-electron chi connectivity index (χ3n) is 5.37. The highest BCUT2D eigenvalue weighted by atomic mass is 16.6. The van der Waals surface area contributed by atoms with Crippen molar-refractivity contribution in [3.8, 4) is 22.3 Å². The Morgan fingerprint density at radius 1 is 0.733 bits per heavy atom. The van der Waals surface area contributed by atoms with Crippen molar-refractivity contribution in [2.45, 2.75) is 6.17 Å². The number of rotatable bonds is 3. The molecule has 2 aromatic carbocycles. The van der Waals surface area contributed by atoms with Crippen molar-refractivity contribution in [2.75, 3.05) is 5.32 Å². The zero-order chi connectivity index (χ0) is 20.7. The van der Waals surface area contributed by atoms with Gasteiger partial charge in [0.25, 0.3) is 11.6 Å². The number of nitro groups is 1. The quantitative estimate of drug-likeness (QED) is 0.368. The lowest BCUT2D eigenvalue weighted by molar-refractivity contribution is -0.385. The van der Waals surface area contributed by atoms with E-state index in [1.54, 1.807) is 18.2 Å². The van der Waals surface area contributed by atoms with Gasteiger partial charge in [-0.25, -0.2) is 0 Å². The van der Waals surface area contributed by atoms with E-state index >= 15 is 0 Å². The van der Waals surface area contributed by atoms with Crippen molar-refractivity contribution in [3.63, 3.8) is 0 Å². The van der Waals surface area contributed by atoms with Crippen LogP contribution in [0.1, 0.15) is 22.1 Å². The molecule has 0 fully saturated rings. The summed E-state index contributed by atoms with van der Waals surface area (Å²) in [7, 11) is 0. The number of fused-ring (bicyclic) bond motifs is 3. The average Bonchev–Trinajstić information content (AvgIpc) is 2.90. The standard InChI is InChI=1S/C24H17N3O3/c28-24-21-17-12-6-2-5-11-16(17)20(15-9-3-1-4-10-15)22(21)25-23(26-24)18-13-7-8-14-19(18)27(29)30/h1-14,23,25H,(H,26,28). The second-order valence-corrected chi connectivity index (χ2v) is 7.10. The molecule has 6 nitrogen and oxygen atoms in total. The Hall–Kier alpha value is -4.19. The van der Waals surface area contributed by atoms with Gasteiger partial charge in [-0.2, -0.15) is 0 Å². The van der Waals surface area contributed by atoms with E-state index < -0.39 is 11.1 Å². The van der Waals surface area contributed by atoms with Crippen molar-refractivity contribution in [1.82, 2.24) is 5.32 Å². The maximum atomic E-state index is 13.2. The van der Waals surface area contributed by atoms with Gasteiger partial charge in [0.15, 0.2) is 0 Å². The molecule has 2 aliphatic carbocycles. The fraction of sp³-hybridized carbons (Fsp3) is 0.0417. The number of hydrogen-bond donors (Lipinski definition) is 2. The van der Waals surface area contributed by atoms with E-state index in [4.69, 9.17) is 0 Å².